The lowest BCUT2D eigenvalue weighted by Gasteiger charge is -2.40. The van der Waals surface area contributed by atoms with E-state index < -0.39 is 0 Å². The Balaban J connectivity index is 1.19. The van der Waals surface area contributed by atoms with Gasteiger partial charge < -0.3 is 14.8 Å². The summed E-state index contributed by atoms with van der Waals surface area (Å²) in [6, 6.07) is 22.6. The molecule has 1 saturated heterocycles. The van der Waals surface area contributed by atoms with Gasteiger partial charge in [0, 0.05) is 25.7 Å². The summed E-state index contributed by atoms with van der Waals surface area (Å²) in [5.41, 5.74) is 5.79. The Hall–Kier alpha value is -3.71. The summed E-state index contributed by atoms with van der Waals surface area (Å²) in [5, 5.41) is 3.44. The van der Waals surface area contributed by atoms with E-state index in [1.54, 1.807) is 11.3 Å². The van der Waals surface area contributed by atoms with Gasteiger partial charge in [-0.3, -0.25) is 4.79 Å². The highest BCUT2D eigenvalue weighted by molar-refractivity contribution is 7.14. The summed E-state index contributed by atoms with van der Waals surface area (Å²) in [4.78, 5) is 30.4. The molecule has 6 rings (SSSR count). The van der Waals surface area contributed by atoms with Crippen LogP contribution in [0.3, 0.4) is 0 Å². The minimum atomic E-state index is 0.113. The maximum absolute atomic E-state index is 13.3. The van der Waals surface area contributed by atoms with Crippen molar-refractivity contribution in [2.45, 2.75) is 19.4 Å². The molecule has 0 aliphatic carbocycles. The second-order valence-electron chi connectivity index (χ2n) is 8.81. The molecule has 1 aliphatic heterocycles. The van der Waals surface area contributed by atoms with Gasteiger partial charge in [0.15, 0.2) is 5.82 Å². The van der Waals surface area contributed by atoms with Gasteiger partial charge in [0.25, 0.3) is 0 Å². The Morgan fingerprint density at radius 3 is 2.76 bits per heavy atom. The molecule has 3 aromatic carbocycles. The zero-order valence-corrected chi connectivity index (χ0v) is 19.8. The standard InChI is InChI=1S/C27H25N5OS/c1-18-16-31(27-25(28-17-34-27)26-29-22-11-4-5-12-23(22)30-26)13-14-32(18)24(33)15-20-9-6-8-19-7-2-3-10-21(19)20/h2-12,17-18H,13-16H2,1H3,(H,29,30). The number of nitrogens with one attached hydrogen (secondary N) is 1. The average Bonchev–Trinajstić information content (AvgIpc) is 3.51. The normalized spacial score (nSPS) is 16.4. The Morgan fingerprint density at radius 1 is 1.06 bits per heavy atom. The zero-order chi connectivity index (χ0) is 23.1. The molecule has 1 aliphatic rings. The van der Waals surface area contributed by atoms with E-state index in [1.165, 1.54) is 5.39 Å². The number of anilines is 1. The fourth-order valence-corrected chi connectivity index (χ4v) is 5.75. The van der Waals surface area contributed by atoms with Crippen LogP contribution >= 0.6 is 11.3 Å². The highest BCUT2D eigenvalue weighted by Gasteiger charge is 2.30. The average molecular weight is 468 g/mol. The Bertz CT molecular complexity index is 1450. The number of H-pyrrole nitrogens is 1. The number of fused-ring (bicyclic) bond motifs is 2. The predicted molar refractivity (Wildman–Crippen MR) is 138 cm³/mol. The van der Waals surface area contributed by atoms with Gasteiger partial charge in [0.1, 0.15) is 10.7 Å². The van der Waals surface area contributed by atoms with Crippen molar-refractivity contribution in [1.29, 1.82) is 0 Å². The van der Waals surface area contributed by atoms with E-state index in [0.29, 0.717) is 13.0 Å². The van der Waals surface area contributed by atoms with E-state index in [1.807, 2.05) is 52.9 Å². The topological polar surface area (TPSA) is 65.1 Å². The fourth-order valence-electron chi connectivity index (χ4n) is 4.92. The molecule has 3 heterocycles. The Labute approximate surface area is 201 Å². The summed E-state index contributed by atoms with van der Waals surface area (Å²) >= 11 is 1.63. The Morgan fingerprint density at radius 2 is 1.88 bits per heavy atom. The number of piperazine rings is 1. The van der Waals surface area contributed by atoms with Crippen LogP contribution in [-0.4, -0.2) is 51.4 Å². The van der Waals surface area contributed by atoms with Crippen molar-refractivity contribution >= 4 is 44.1 Å². The van der Waals surface area contributed by atoms with Gasteiger partial charge in [-0.1, -0.05) is 54.6 Å². The fraction of sp³-hybridized carbons (Fsp3) is 0.222. The number of para-hydroxylation sites is 2. The van der Waals surface area contributed by atoms with Crippen molar-refractivity contribution < 1.29 is 4.79 Å². The molecule has 6 nitrogen and oxygen atoms in total. The molecule has 0 bridgehead atoms. The number of rotatable bonds is 4. The molecular weight excluding hydrogens is 442 g/mol. The number of hydrogen-bond acceptors (Lipinski definition) is 5. The van der Waals surface area contributed by atoms with Crippen molar-refractivity contribution in [2.24, 2.45) is 0 Å². The summed E-state index contributed by atoms with van der Waals surface area (Å²) in [7, 11) is 0. The third-order valence-corrected chi connectivity index (χ3v) is 7.50. The van der Waals surface area contributed by atoms with Crippen molar-refractivity contribution in [1.82, 2.24) is 19.9 Å². The smallest absolute Gasteiger partial charge is 0.227 e. The third kappa shape index (κ3) is 3.72. The number of aromatic nitrogens is 3. The molecule has 7 heteroatoms. The number of nitrogens with zero attached hydrogens (tertiary/aromatic N) is 4. The maximum atomic E-state index is 13.3. The molecular formula is C27H25N5OS. The summed E-state index contributed by atoms with van der Waals surface area (Å²) in [6.45, 7) is 4.38. The van der Waals surface area contributed by atoms with Gasteiger partial charge in [0.05, 0.1) is 23.0 Å². The number of carbonyl (C=O) groups excluding carboxylic acids is 1. The van der Waals surface area contributed by atoms with E-state index >= 15 is 0 Å². The van der Waals surface area contributed by atoms with Crippen LogP contribution in [0.2, 0.25) is 0 Å². The minimum Gasteiger partial charge on any atom is -0.358 e. The second-order valence-corrected chi connectivity index (χ2v) is 9.64. The lowest BCUT2D eigenvalue weighted by Crippen LogP contribution is -2.54. The minimum absolute atomic E-state index is 0.113. The molecule has 1 unspecified atom stereocenters. The van der Waals surface area contributed by atoms with E-state index in [4.69, 9.17) is 4.98 Å². The summed E-state index contributed by atoms with van der Waals surface area (Å²) in [6.07, 6.45) is 0.427. The molecule has 2 aromatic heterocycles. The number of aromatic amines is 1. The van der Waals surface area contributed by atoms with Gasteiger partial charge >= 0.3 is 0 Å². The SMILES string of the molecule is CC1CN(c2scnc2-c2nc3ccccc3[nH]2)CCN1C(=O)Cc1cccc2ccccc12. The number of amides is 1. The van der Waals surface area contributed by atoms with E-state index in [9.17, 15) is 4.79 Å². The van der Waals surface area contributed by atoms with Crippen LogP contribution in [0, 0.1) is 0 Å². The molecule has 34 heavy (non-hydrogen) atoms. The molecule has 170 valence electrons. The molecule has 0 spiro atoms. The quantitative estimate of drug-likeness (QED) is 0.398. The second kappa shape index (κ2) is 8.57. The van der Waals surface area contributed by atoms with Crippen molar-refractivity contribution in [3.05, 3.63) is 77.8 Å². The van der Waals surface area contributed by atoms with E-state index in [-0.39, 0.29) is 11.9 Å². The van der Waals surface area contributed by atoms with E-state index in [0.717, 1.165) is 51.6 Å². The van der Waals surface area contributed by atoms with Crippen LogP contribution in [0.4, 0.5) is 5.00 Å². The molecule has 0 saturated carbocycles. The summed E-state index contributed by atoms with van der Waals surface area (Å²) < 4.78 is 0. The van der Waals surface area contributed by atoms with Crippen molar-refractivity contribution in [3.63, 3.8) is 0 Å². The number of thiazole rings is 1. The highest BCUT2D eigenvalue weighted by atomic mass is 32.1. The van der Waals surface area contributed by atoms with Gasteiger partial charge in [-0.05, 0) is 35.4 Å². The molecule has 1 N–H and O–H groups in total. The maximum Gasteiger partial charge on any atom is 0.227 e. The monoisotopic (exact) mass is 467 g/mol. The Kier molecular flexibility index (Phi) is 5.26. The lowest BCUT2D eigenvalue weighted by atomic mass is 10.0. The van der Waals surface area contributed by atoms with Crippen LogP contribution in [0.15, 0.2) is 72.2 Å². The van der Waals surface area contributed by atoms with Gasteiger partial charge in [-0.25, -0.2) is 9.97 Å². The largest absolute Gasteiger partial charge is 0.358 e. The van der Waals surface area contributed by atoms with Crippen LogP contribution < -0.4 is 4.90 Å². The number of hydrogen-bond donors (Lipinski definition) is 1. The summed E-state index contributed by atoms with van der Waals surface area (Å²) in [5.74, 6) is 0.977. The van der Waals surface area contributed by atoms with Crippen molar-refractivity contribution in [3.8, 4) is 11.5 Å². The number of benzene rings is 3. The van der Waals surface area contributed by atoms with Crippen molar-refractivity contribution in [2.75, 3.05) is 24.5 Å². The first-order valence-electron chi connectivity index (χ1n) is 11.6. The van der Waals surface area contributed by atoms with Crippen LogP contribution in [0.25, 0.3) is 33.3 Å². The first-order chi connectivity index (χ1) is 16.7. The van der Waals surface area contributed by atoms with Crippen LogP contribution in [0.5, 0.6) is 0 Å². The number of imidazole rings is 1. The predicted octanol–water partition coefficient (Wildman–Crippen LogP) is 5.12. The molecule has 1 fully saturated rings. The van der Waals surface area contributed by atoms with Gasteiger partial charge in [0.2, 0.25) is 5.91 Å². The van der Waals surface area contributed by atoms with Gasteiger partial charge in [-0.2, -0.15) is 0 Å². The molecule has 0 radical (unpaired) electrons. The first kappa shape index (κ1) is 20.9. The molecule has 1 atom stereocenters. The lowest BCUT2D eigenvalue weighted by molar-refractivity contribution is -0.132. The molecule has 5 aromatic rings. The number of carbonyl (C=O) groups is 1. The van der Waals surface area contributed by atoms with Crippen LogP contribution in [0.1, 0.15) is 12.5 Å². The third-order valence-electron chi connectivity index (χ3n) is 6.62. The van der Waals surface area contributed by atoms with Crippen LogP contribution in [-0.2, 0) is 11.2 Å². The first-order valence-corrected chi connectivity index (χ1v) is 12.4. The zero-order valence-electron chi connectivity index (χ0n) is 18.9. The van der Waals surface area contributed by atoms with E-state index in [2.05, 4.69) is 46.1 Å². The highest BCUT2D eigenvalue weighted by Crippen LogP contribution is 2.34. The molecule has 1 amide bonds. The van der Waals surface area contributed by atoms with Gasteiger partial charge in [-0.15, -0.1) is 11.3 Å².